The number of carbonyl (C=O) groups excluding carboxylic acids is 1. The summed E-state index contributed by atoms with van der Waals surface area (Å²) >= 11 is 0. The second kappa shape index (κ2) is 6.03. The van der Waals surface area contributed by atoms with E-state index in [-0.39, 0.29) is 23.5 Å². The number of rotatable bonds is 4. The molecule has 0 aromatic heterocycles. The number of benzene rings is 1. The van der Waals surface area contributed by atoms with E-state index >= 15 is 0 Å². The monoisotopic (exact) mass is 341 g/mol. The van der Waals surface area contributed by atoms with Gasteiger partial charge in [0.25, 0.3) is 5.91 Å². The molecule has 136 valence electrons. The first-order valence-corrected chi connectivity index (χ1v) is 9.86. The van der Waals surface area contributed by atoms with E-state index in [4.69, 9.17) is 4.74 Å². The van der Waals surface area contributed by atoms with Gasteiger partial charge in [0.2, 0.25) is 0 Å². The van der Waals surface area contributed by atoms with E-state index in [0.717, 1.165) is 29.1 Å². The molecule has 1 aromatic carbocycles. The molecule has 4 saturated carbocycles. The summed E-state index contributed by atoms with van der Waals surface area (Å²) in [5.41, 5.74) is 1.23. The standard InChI is InChI=1S/C22H31NO2/c1-21(2,3)18-6-4-5-7-19(18)25-14-20(24)23-22-11-15-8-16(12-22)10-17(9-15)13-22/h4-7,15-17H,8-14H2,1-3H3,(H,23,24). The largest absolute Gasteiger partial charge is 0.483 e. The Morgan fingerprint density at radius 3 is 2.20 bits per heavy atom. The van der Waals surface area contributed by atoms with E-state index in [0.29, 0.717) is 0 Å². The Labute approximate surface area is 151 Å². The molecule has 3 heteroatoms. The van der Waals surface area contributed by atoms with Crippen LogP contribution < -0.4 is 10.1 Å². The van der Waals surface area contributed by atoms with Crippen LogP contribution in [-0.2, 0) is 10.2 Å². The molecule has 1 N–H and O–H groups in total. The second-order valence-electron chi connectivity index (χ2n) is 9.78. The molecule has 5 rings (SSSR count). The van der Waals surface area contributed by atoms with Gasteiger partial charge in [0.15, 0.2) is 6.61 Å². The first kappa shape index (κ1) is 16.9. The molecule has 4 aliphatic rings. The minimum absolute atomic E-state index is 0.00694. The molecule has 0 atom stereocenters. The Morgan fingerprint density at radius 2 is 1.64 bits per heavy atom. The summed E-state index contributed by atoms with van der Waals surface area (Å²) in [7, 11) is 0. The quantitative estimate of drug-likeness (QED) is 0.879. The molecule has 0 spiro atoms. The third kappa shape index (κ3) is 3.43. The van der Waals surface area contributed by atoms with E-state index in [9.17, 15) is 4.79 Å². The number of nitrogens with one attached hydrogen (secondary N) is 1. The van der Waals surface area contributed by atoms with E-state index in [1.54, 1.807) is 0 Å². The Kier molecular flexibility index (Phi) is 4.09. The summed E-state index contributed by atoms with van der Waals surface area (Å²) in [5.74, 6) is 3.40. The number of hydrogen-bond acceptors (Lipinski definition) is 2. The summed E-state index contributed by atoms with van der Waals surface area (Å²) in [4.78, 5) is 12.6. The Balaban J connectivity index is 1.39. The van der Waals surface area contributed by atoms with Gasteiger partial charge in [0, 0.05) is 5.54 Å². The van der Waals surface area contributed by atoms with Crippen molar-refractivity contribution in [2.24, 2.45) is 17.8 Å². The molecule has 0 radical (unpaired) electrons. The van der Waals surface area contributed by atoms with Gasteiger partial charge in [-0.15, -0.1) is 0 Å². The normalized spacial score (nSPS) is 33.3. The van der Waals surface area contributed by atoms with Crippen LogP contribution in [0.1, 0.15) is 64.9 Å². The first-order valence-electron chi connectivity index (χ1n) is 9.86. The lowest BCUT2D eigenvalue weighted by Crippen LogP contribution is -2.60. The van der Waals surface area contributed by atoms with Crippen LogP contribution in [0.2, 0.25) is 0 Å². The number of amides is 1. The molecular weight excluding hydrogens is 310 g/mol. The lowest BCUT2D eigenvalue weighted by atomic mass is 9.53. The van der Waals surface area contributed by atoms with Crippen molar-refractivity contribution in [1.82, 2.24) is 5.32 Å². The number of ether oxygens (including phenoxy) is 1. The number of hydrogen-bond donors (Lipinski definition) is 1. The average molecular weight is 341 g/mol. The van der Waals surface area contributed by atoms with Gasteiger partial charge >= 0.3 is 0 Å². The average Bonchev–Trinajstić information content (AvgIpc) is 2.50. The Morgan fingerprint density at radius 1 is 1.08 bits per heavy atom. The topological polar surface area (TPSA) is 38.3 Å². The SMILES string of the molecule is CC(C)(C)c1ccccc1OCC(=O)NC12CC3CC(CC(C3)C1)C2. The van der Waals surface area contributed by atoms with Gasteiger partial charge in [-0.1, -0.05) is 39.0 Å². The summed E-state index contributed by atoms with van der Waals surface area (Å²) in [6.07, 6.45) is 7.73. The van der Waals surface area contributed by atoms with Crippen LogP contribution in [0.3, 0.4) is 0 Å². The maximum atomic E-state index is 12.6. The van der Waals surface area contributed by atoms with Crippen molar-refractivity contribution >= 4 is 5.91 Å². The molecule has 1 amide bonds. The smallest absolute Gasteiger partial charge is 0.258 e. The van der Waals surface area contributed by atoms with Gasteiger partial charge in [-0.05, 0) is 73.3 Å². The Hall–Kier alpha value is -1.51. The fourth-order valence-corrected chi connectivity index (χ4v) is 5.95. The van der Waals surface area contributed by atoms with E-state index in [1.165, 1.54) is 38.5 Å². The van der Waals surface area contributed by atoms with Gasteiger partial charge in [0.05, 0.1) is 0 Å². The van der Waals surface area contributed by atoms with Crippen molar-refractivity contribution < 1.29 is 9.53 Å². The third-order valence-corrected chi connectivity index (χ3v) is 6.50. The maximum Gasteiger partial charge on any atom is 0.258 e. The molecule has 0 unspecified atom stereocenters. The number of carbonyl (C=O) groups is 1. The fraction of sp³-hybridized carbons (Fsp3) is 0.682. The van der Waals surface area contributed by atoms with Crippen molar-refractivity contribution in [1.29, 1.82) is 0 Å². The molecule has 4 fully saturated rings. The molecule has 1 aromatic rings. The van der Waals surface area contributed by atoms with Crippen molar-refractivity contribution in [3.63, 3.8) is 0 Å². The number of para-hydroxylation sites is 1. The molecule has 4 aliphatic carbocycles. The van der Waals surface area contributed by atoms with Crippen LogP contribution in [0.15, 0.2) is 24.3 Å². The highest BCUT2D eigenvalue weighted by Gasteiger charge is 2.51. The fourth-order valence-electron chi connectivity index (χ4n) is 5.95. The molecule has 0 saturated heterocycles. The van der Waals surface area contributed by atoms with Gasteiger partial charge in [-0.2, -0.15) is 0 Å². The first-order chi connectivity index (χ1) is 11.8. The van der Waals surface area contributed by atoms with E-state index < -0.39 is 0 Å². The summed E-state index contributed by atoms with van der Waals surface area (Å²) in [6, 6.07) is 8.06. The van der Waals surface area contributed by atoms with E-state index in [1.807, 2.05) is 18.2 Å². The van der Waals surface area contributed by atoms with Gasteiger partial charge in [-0.25, -0.2) is 0 Å². The zero-order valence-electron chi connectivity index (χ0n) is 15.8. The van der Waals surface area contributed by atoms with Crippen LogP contribution >= 0.6 is 0 Å². The maximum absolute atomic E-state index is 12.6. The predicted molar refractivity (Wildman–Crippen MR) is 99.7 cm³/mol. The molecular formula is C22H31NO2. The van der Waals surface area contributed by atoms with Crippen molar-refractivity contribution in [3.05, 3.63) is 29.8 Å². The van der Waals surface area contributed by atoms with Gasteiger partial charge in [0.1, 0.15) is 5.75 Å². The summed E-state index contributed by atoms with van der Waals surface area (Å²) in [6.45, 7) is 6.63. The van der Waals surface area contributed by atoms with Crippen molar-refractivity contribution in [3.8, 4) is 5.75 Å². The highest BCUT2D eigenvalue weighted by Crippen LogP contribution is 2.55. The lowest BCUT2D eigenvalue weighted by Gasteiger charge is -2.56. The predicted octanol–water partition coefficient (Wildman–Crippen LogP) is 4.45. The highest BCUT2D eigenvalue weighted by molar-refractivity contribution is 5.78. The lowest BCUT2D eigenvalue weighted by molar-refractivity contribution is -0.128. The third-order valence-electron chi connectivity index (χ3n) is 6.50. The summed E-state index contributed by atoms with van der Waals surface area (Å²) < 4.78 is 5.93. The minimum Gasteiger partial charge on any atom is -0.483 e. The van der Waals surface area contributed by atoms with Crippen molar-refractivity contribution in [2.45, 2.75) is 70.3 Å². The van der Waals surface area contributed by atoms with Crippen molar-refractivity contribution in [2.75, 3.05) is 6.61 Å². The molecule has 25 heavy (non-hydrogen) atoms. The van der Waals surface area contributed by atoms with Gasteiger partial charge < -0.3 is 10.1 Å². The molecule has 4 bridgehead atoms. The zero-order chi connectivity index (χ0) is 17.7. The van der Waals surface area contributed by atoms with Crippen LogP contribution in [0.25, 0.3) is 0 Å². The van der Waals surface area contributed by atoms with E-state index in [2.05, 4.69) is 32.2 Å². The summed E-state index contributed by atoms with van der Waals surface area (Å²) in [5, 5.41) is 3.39. The Bertz CT molecular complexity index is 623. The zero-order valence-corrected chi connectivity index (χ0v) is 15.8. The van der Waals surface area contributed by atoms with Crippen LogP contribution in [0, 0.1) is 17.8 Å². The van der Waals surface area contributed by atoms with Gasteiger partial charge in [-0.3, -0.25) is 4.79 Å². The van der Waals surface area contributed by atoms with Crippen LogP contribution in [0.4, 0.5) is 0 Å². The minimum atomic E-state index is 0.00694. The highest BCUT2D eigenvalue weighted by atomic mass is 16.5. The van der Waals surface area contributed by atoms with Crippen LogP contribution in [0.5, 0.6) is 5.75 Å². The molecule has 0 aliphatic heterocycles. The second-order valence-corrected chi connectivity index (χ2v) is 9.78. The molecule has 3 nitrogen and oxygen atoms in total. The van der Waals surface area contributed by atoms with Crippen LogP contribution in [-0.4, -0.2) is 18.1 Å². The molecule has 0 heterocycles.